The summed E-state index contributed by atoms with van der Waals surface area (Å²) in [7, 11) is 0. The first kappa shape index (κ1) is 15.4. The van der Waals surface area contributed by atoms with Gasteiger partial charge in [0.25, 0.3) is 5.91 Å². The minimum atomic E-state index is -0.129. The number of aromatic nitrogens is 1. The van der Waals surface area contributed by atoms with Gasteiger partial charge in [0.1, 0.15) is 0 Å². The Morgan fingerprint density at radius 2 is 2.45 bits per heavy atom. The summed E-state index contributed by atoms with van der Waals surface area (Å²) in [6, 6.07) is 2.04. The molecule has 1 atom stereocenters. The Morgan fingerprint density at radius 3 is 3.18 bits per heavy atom. The Labute approximate surface area is 138 Å². The van der Waals surface area contributed by atoms with Crippen LogP contribution >= 0.6 is 22.7 Å². The fraction of sp³-hybridized carbons (Fsp3) is 0.438. The van der Waals surface area contributed by atoms with Gasteiger partial charge in [-0.15, -0.1) is 22.7 Å². The SMILES string of the molecule is CC[C@@H]1CCc2sc(C(=O)NN=Cc3csc(C)n3)cc2C1. The lowest BCUT2D eigenvalue weighted by Crippen LogP contribution is -2.16. The number of hydrogen-bond donors (Lipinski definition) is 1. The number of hydrogen-bond acceptors (Lipinski definition) is 5. The zero-order valence-electron chi connectivity index (χ0n) is 12.8. The van der Waals surface area contributed by atoms with Crippen molar-refractivity contribution < 1.29 is 4.79 Å². The minimum Gasteiger partial charge on any atom is -0.266 e. The highest BCUT2D eigenvalue weighted by Crippen LogP contribution is 2.33. The summed E-state index contributed by atoms with van der Waals surface area (Å²) in [5.41, 5.74) is 4.73. The molecule has 6 heteroatoms. The van der Waals surface area contributed by atoms with E-state index in [0.29, 0.717) is 0 Å². The number of hydrazone groups is 1. The van der Waals surface area contributed by atoms with Crippen molar-refractivity contribution in [3.8, 4) is 0 Å². The Morgan fingerprint density at radius 1 is 1.59 bits per heavy atom. The normalized spacial score (nSPS) is 17.6. The standard InChI is InChI=1S/C16H19N3OS2/c1-3-11-4-5-14-12(6-11)7-15(22-14)16(20)19-17-8-13-9-21-10(2)18-13/h7-9,11H,3-6H2,1-2H3,(H,19,20)/t11-/m1/s1. The molecule has 1 aliphatic carbocycles. The molecule has 4 nitrogen and oxygen atoms in total. The molecule has 0 aromatic carbocycles. The number of nitrogens with one attached hydrogen (secondary N) is 1. The van der Waals surface area contributed by atoms with E-state index >= 15 is 0 Å². The van der Waals surface area contributed by atoms with Crippen LogP contribution in [-0.2, 0) is 12.8 Å². The number of carbonyl (C=O) groups excluding carboxylic acids is 1. The van der Waals surface area contributed by atoms with Crippen LogP contribution in [0.1, 0.15) is 50.6 Å². The number of nitrogens with zero attached hydrogens (tertiary/aromatic N) is 2. The van der Waals surface area contributed by atoms with Crippen LogP contribution in [0.3, 0.4) is 0 Å². The molecular weight excluding hydrogens is 314 g/mol. The molecule has 0 unspecified atom stereocenters. The zero-order chi connectivity index (χ0) is 15.5. The van der Waals surface area contributed by atoms with Gasteiger partial charge in [-0.3, -0.25) is 4.79 Å². The molecule has 1 amide bonds. The molecule has 3 rings (SSSR count). The van der Waals surface area contributed by atoms with Crippen LogP contribution in [0.2, 0.25) is 0 Å². The van der Waals surface area contributed by atoms with Crippen molar-refractivity contribution in [2.75, 3.05) is 0 Å². The van der Waals surface area contributed by atoms with E-state index in [0.717, 1.165) is 34.3 Å². The van der Waals surface area contributed by atoms with E-state index in [1.54, 1.807) is 28.9 Å². The van der Waals surface area contributed by atoms with Gasteiger partial charge in [0.15, 0.2) is 0 Å². The number of thiophene rings is 1. The average Bonchev–Trinajstić information content (AvgIpc) is 3.12. The van der Waals surface area contributed by atoms with Crippen molar-refractivity contribution >= 4 is 34.8 Å². The zero-order valence-corrected chi connectivity index (χ0v) is 14.4. The molecule has 1 N–H and O–H groups in total. The Bertz CT molecular complexity index is 702. The van der Waals surface area contributed by atoms with Gasteiger partial charge in [0, 0.05) is 10.3 Å². The summed E-state index contributed by atoms with van der Waals surface area (Å²) in [4.78, 5) is 18.6. The van der Waals surface area contributed by atoms with Gasteiger partial charge in [0.2, 0.25) is 0 Å². The summed E-state index contributed by atoms with van der Waals surface area (Å²) >= 11 is 3.17. The molecule has 0 spiro atoms. The van der Waals surface area contributed by atoms with E-state index in [1.165, 1.54) is 23.3 Å². The van der Waals surface area contributed by atoms with Crippen LogP contribution in [0.25, 0.3) is 0 Å². The summed E-state index contributed by atoms with van der Waals surface area (Å²) in [5, 5.41) is 6.90. The number of thiazole rings is 1. The first-order valence-corrected chi connectivity index (χ1v) is 9.22. The van der Waals surface area contributed by atoms with Gasteiger partial charge in [-0.1, -0.05) is 13.3 Å². The van der Waals surface area contributed by atoms with Crippen LogP contribution in [0.4, 0.5) is 0 Å². The van der Waals surface area contributed by atoms with E-state index in [1.807, 2.05) is 18.4 Å². The average molecular weight is 333 g/mol. The molecule has 0 fully saturated rings. The minimum absolute atomic E-state index is 0.129. The third kappa shape index (κ3) is 3.44. The maximum absolute atomic E-state index is 12.2. The van der Waals surface area contributed by atoms with Crippen LogP contribution in [-0.4, -0.2) is 17.1 Å². The highest BCUT2D eigenvalue weighted by Gasteiger charge is 2.21. The molecule has 1 aliphatic rings. The van der Waals surface area contributed by atoms with Gasteiger partial charge in [-0.25, -0.2) is 10.4 Å². The maximum atomic E-state index is 12.2. The predicted octanol–water partition coefficient (Wildman–Crippen LogP) is 3.79. The van der Waals surface area contributed by atoms with Crippen molar-refractivity contribution in [3.63, 3.8) is 0 Å². The van der Waals surface area contributed by atoms with Crippen LogP contribution in [0.5, 0.6) is 0 Å². The first-order valence-electron chi connectivity index (χ1n) is 7.52. The van der Waals surface area contributed by atoms with E-state index < -0.39 is 0 Å². The summed E-state index contributed by atoms with van der Waals surface area (Å²) in [6.45, 7) is 4.19. The number of amides is 1. The monoisotopic (exact) mass is 333 g/mol. The fourth-order valence-electron chi connectivity index (χ4n) is 2.71. The van der Waals surface area contributed by atoms with Gasteiger partial charge >= 0.3 is 0 Å². The van der Waals surface area contributed by atoms with Crippen molar-refractivity contribution in [3.05, 3.63) is 37.5 Å². The van der Waals surface area contributed by atoms with Crippen molar-refractivity contribution in [2.45, 2.75) is 39.5 Å². The summed E-state index contributed by atoms with van der Waals surface area (Å²) in [6.07, 6.45) is 6.26. The lowest BCUT2D eigenvalue weighted by molar-refractivity contribution is 0.0959. The van der Waals surface area contributed by atoms with E-state index in [9.17, 15) is 4.79 Å². The van der Waals surface area contributed by atoms with E-state index in [4.69, 9.17) is 0 Å². The second-order valence-electron chi connectivity index (χ2n) is 5.57. The molecule has 0 saturated heterocycles. The smallest absolute Gasteiger partial charge is 0.266 e. The third-order valence-electron chi connectivity index (χ3n) is 3.99. The number of aryl methyl sites for hydroxylation is 2. The van der Waals surface area contributed by atoms with Crippen LogP contribution in [0, 0.1) is 12.8 Å². The second-order valence-corrected chi connectivity index (χ2v) is 7.77. The first-order chi connectivity index (χ1) is 10.7. The van der Waals surface area contributed by atoms with Crippen molar-refractivity contribution in [1.82, 2.24) is 10.4 Å². The molecule has 116 valence electrons. The molecule has 0 radical (unpaired) electrons. The second kappa shape index (κ2) is 6.71. The highest BCUT2D eigenvalue weighted by atomic mass is 32.1. The van der Waals surface area contributed by atoms with Crippen molar-refractivity contribution in [2.24, 2.45) is 11.0 Å². The maximum Gasteiger partial charge on any atom is 0.281 e. The third-order valence-corrected chi connectivity index (χ3v) is 6.01. The molecule has 2 aromatic heterocycles. The van der Waals surface area contributed by atoms with E-state index in [2.05, 4.69) is 22.4 Å². The van der Waals surface area contributed by atoms with Gasteiger partial charge < -0.3 is 0 Å². The lowest BCUT2D eigenvalue weighted by atomic mass is 9.87. The Balaban J connectivity index is 1.63. The van der Waals surface area contributed by atoms with Crippen LogP contribution in [0.15, 0.2) is 16.5 Å². The fourth-order valence-corrected chi connectivity index (χ4v) is 4.37. The molecule has 2 aromatic rings. The predicted molar refractivity (Wildman–Crippen MR) is 92.0 cm³/mol. The molecule has 0 aliphatic heterocycles. The molecule has 0 saturated carbocycles. The topological polar surface area (TPSA) is 54.4 Å². The molecular formula is C16H19N3OS2. The Hall–Kier alpha value is -1.53. The molecule has 0 bridgehead atoms. The van der Waals surface area contributed by atoms with Crippen molar-refractivity contribution in [1.29, 1.82) is 0 Å². The summed E-state index contributed by atoms with van der Waals surface area (Å²) < 4.78 is 0. The van der Waals surface area contributed by atoms with Crippen LogP contribution < -0.4 is 5.43 Å². The highest BCUT2D eigenvalue weighted by molar-refractivity contribution is 7.14. The summed E-state index contributed by atoms with van der Waals surface area (Å²) in [5.74, 6) is 0.639. The number of carbonyl (C=O) groups is 1. The molecule has 22 heavy (non-hydrogen) atoms. The quantitative estimate of drug-likeness (QED) is 0.683. The molecule has 2 heterocycles. The lowest BCUT2D eigenvalue weighted by Gasteiger charge is -2.19. The Kier molecular flexibility index (Phi) is 4.69. The number of fused-ring (bicyclic) bond motifs is 1. The number of rotatable bonds is 4. The van der Waals surface area contributed by atoms with Gasteiger partial charge in [0.05, 0.1) is 21.8 Å². The van der Waals surface area contributed by atoms with E-state index in [-0.39, 0.29) is 5.91 Å². The largest absolute Gasteiger partial charge is 0.281 e. The van der Waals surface area contributed by atoms with Gasteiger partial charge in [-0.2, -0.15) is 5.10 Å². The van der Waals surface area contributed by atoms with Gasteiger partial charge in [-0.05, 0) is 43.7 Å².